The maximum atomic E-state index is 5.93. The fourth-order valence-corrected chi connectivity index (χ4v) is 4.30. The lowest BCUT2D eigenvalue weighted by Crippen LogP contribution is -2.26. The fraction of sp³-hybridized carbons (Fsp3) is 0.308. The first-order chi connectivity index (χ1) is 15.7. The summed E-state index contributed by atoms with van der Waals surface area (Å²) in [5.74, 6) is 2.17. The van der Waals surface area contributed by atoms with Gasteiger partial charge in [0.25, 0.3) is 0 Å². The molecule has 0 saturated heterocycles. The molecule has 0 aliphatic heterocycles. The first-order valence-electron chi connectivity index (χ1n) is 11.2. The lowest BCUT2D eigenvalue weighted by molar-refractivity contribution is 0.301. The van der Waals surface area contributed by atoms with Crippen LogP contribution in [0.3, 0.4) is 0 Å². The van der Waals surface area contributed by atoms with Crippen molar-refractivity contribution >= 4 is 0 Å². The molecule has 1 saturated carbocycles. The molecule has 5 rings (SSSR count). The van der Waals surface area contributed by atoms with E-state index in [4.69, 9.17) is 4.74 Å². The molecule has 162 valence electrons. The zero-order valence-corrected chi connectivity index (χ0v) is 18.5. The van der Waals surface area contributed by atoms with Gasteiger partial charge in [0.1, 0.15) is 12.4 Å². The Bertz CT molecular complexity index is 1170. The fourth-order valence-electron chi connectivity index (χ4n) is 4.30. The molecule has 1 fully saturated rings. The highest BCUT2D eigenvalue weighted by Gasteiger charge is 2.43. The Morgan fingerprint density at radius 3 is 2.28 bits per heavy atom. The summed E-state index contributed by atoms with van der Waals surface area (Å²) in [6.45, 7) is 5.55. The molecular formula is C26H27N5O. The van der Waals surface area contributed by atoms with Crippen molar-refractivity contribution in [2.75, 3.05) is 0 Å². The summed E-state index contributed by atoms with van der Waals surface area (Å²) in [5, 5.41) is 12.7. The summed E-state index contributed by atoms with van der Waals surface area (Å²) < 4.78 is 5.93. The van der Waals surface area contributed by atoms with E-state index in [1.165, 1.54) is 24.0 Å². The number of tetrazole rings is 1. The van der Waals surface area contributed by atoms with E-state index in [1.807, 2.05) is 25.1 Å². The van der Waals surface area contributed by atoms with Crippen molar-refractivity contribution in [1.29, 1.82) is 0 Å². The molecule has 2 heterocycles. The second-order valence-corrected chi connectivity index (χ2v) is 8.49. The minimum atomic E-state index is -0.0352. The van der Waals surface area contributed by atoms with Crippen LogP contribution in [-0.4, -0.2) is 25.2 Å². The van der Waals surface area contributed by atoms with Crippen LogP contribution in [0.4, 0.5) is 0 Å². The van der Waals surface area contributed by atoms with Crippen molar-refractivity contribution in [1.82, 2.24) is 25.2 Å². The van der Waals surface area contributed by atoms with Gasteiger partial charge < -0.3 is 4.74 Å². The lowest BCUT2D eigenvalue weighted by Gasteiger charge is -2.31. The van der Waals surface area contributed by atoms with Gasteiger partial charge >= 0.3 is 0 Å². The van der Waals surface area contributed by atoms with Crippen LogP contribution in [0.5, 0.6) is 5.75 Å². The van der Waals surface area contributed by atoms with Gasteiger partial charge in [0.15, 0.2) is 0 Å². The number of hydrogen-bond donors (Lipinski definition) is 0. The molecule has 0 radical (unpaired) electrons. The third kappa shape index (κ3) is 4.00. The smallest absolute Gasteiger partial charge is 0.204 e. The average molecular weight is 426 g/mol. The highest BCUT2D eigenvalue weighted by atomic mass is 16.5. The standard InChI is InChI=1S/C26H27N5O/c1-3-31-29-25(28-30-31)19-7-9-20(10-8-19)26(2,21-11-12-21)22-13-15-24(16-14-22)32-18-23-6-4-5-17-27-23/h4-10,13-17,21H,3,11-12,18H2,1-2H3. The van der Waals surface area contributed by atoms with Gasteiger partial charge in [-0.05, 0) is 66.3 Å². The molecule has 6 heteroatoms. The van der Waals surface area contributed by atoms with Crippen molar-refractivity contribution in [2.24, 2.45) is 5.92 Å². The second kappa shape index (κ2) is 8.54. The summed E-state index contributed by atoms with van der Waals surface area (Å²) in [6.07, 6.45) is 4.29. The average Bonchev–Trinajstić information content (AvgIpc) is 3.61. The predicted molar refractivity (Wildman–Crippen MR) is 123 cm³/mol. The molecule has 32 heavy (non-hydrogen) atoms. The Balaban J connectivity index is 1.36. The molecular weight excluding hydrogens is 398 g/mol. The van der Waals surface area contributed by atoms with Crippen LogP contribution in [0.15, 0.2) is 72.9 Å². The van der Waals surface area contributed by atoms with Crippen molar-refractivity contribution in [3.63, 3.8) is 0 Å². The van der Waals surface area contributed by atoms with E-state index in [0.717, 1.165) is 17.0 Å². The maximum absolute atomic E-state index is 5.93. The van der Waals surface area contributed by atoms with Crippen molar-refractivity contribution in [3.05, 3.63) is 89.7 Å². The van der Waals surface area contributed by atoms with Crippen LogP contribution in [0.1, 0.15) is 43.5 Å². The molecule has 0 N–H and O–H groups in total. The predicted octanol–water partition coefficient (Wildman–Crippen LogP) is 5.05. The quantitative estimate of drug-likeness (QED) is 0.395. The van der Waals surface area contributed by atoms with Crippen LogP contribution in [0.2, 0.25) is 0 Å². The third-order valence-corrected chi connectivity index (χ3v) is 6.44. The van der Waals surface area contributed by atoms with Crippen LogP contribution in [0, 0.1) is 5.92 Å². The Morgan fingerprint density at radius 2 is 1.69 bits per heavy atom. The number of rotatable bonds is 8. The van der Waals surface area contributed by atoms with E-state index in [-0.39, 0.29) is 5.41 Å². The Kier molecular flexibility index (Phi) is 5.43. The van der Waals surface area contributed by atoms with E-state index in [2.05, 4.69) is 75.8 Å². The van der Waals surface area contributed by atoms with Gasteiger partial charge in [0.2, 0.25) is 5.82 Å². The monoisotopic (exact) mass is 425 g/mol. The topological polar surface area (TPSA) is 65.7 Å². The number of ether oxygens (including phenoxy) is 1. The lowest BCUT2D eigenvalue weighted by atomic mass is 9.72. The molecule has 1 atom stereocenters. The molecule has 2 aromatic carbocycles. The number of pyridine rings is 1. The van der Waals surface area contributed by atoms with Gasteiger partial charge in [0.05, 0.1) is 12.2 Å². The summed E-state index contributed by atoms with van der Waals surface area (Å²) in [6, 6.07) is 23.0. The molecule has 0 bridgehead atoms. The largest absolute Gasteiger partial charge is 0.487 e. The SMILES string of the molecule is CCn1nnc(-c2ccc(C(C)(c3ccc(OCc4ccccn4)cc3)C3CC3)cc2)n1. The molecule has 4 aromatic rings. The Morgan fingerprint density at radius 1 is 0.969 bits per heavy atom. The van der Waals surface area contributed by atoms with Crippen LogP contribution in [-0.2, 0) is 18.6 Å². The Hall–Kier alpha value is -3.54. The third-order valence-electron chi connectivity index (χ3n) is 6.44. The maximum Gasteiger partial charge on any atom is 0.204 e. The van der Waals surface area contributed by atoms with Gasteiger partial charge in [-0.25, -0.2) is 0 Å². The number of nitrogens with zero attached hydrogens (tertiary/aromatic N) is 5. The van der Waals surface area contributed by atoms with Crippen LogP contribution < -0.4 is 4.74 Å². The Labute approximate surface area is 188 Å². The number of hydrogen-bond acceptors (Lipinski definition) is 5. The molecule has 1 unspecified atom stereocenters. The minimum absolute atomic E-state index is 0.0352. The van der Waals surface area contributed by atoms with Crippen LogP contribution >= 0.6 is 0 Å². The van der Waals surface area contributed by atoms with E-state index >= 15 is 0 Å². The normalized spacial score (nSPS) is 15.3. The van der Waals surface area contributed by atoms with Gasteiger partial charge in [-0.15, -0.1) is 10.2 Å². The van der Waals surface area contributed by atoms with E-state index in [9.17, 15) is 0 Å². The highest BCUT2D eigenvalue weighted by Crippen LogP contribution is 2.51. The second-order valence-electron chi connectivity index (χ2n) is 8.49. The van der Waals surface area contributed by atoms with E-state index in [0.29, 0.717) is 24.9 Å². The van der Waals surface area contributed by atoms with Gasteiger partial charge in [0, 0.05) is 17.2 Å². The van der Waals surface area contributed by atoms with Gasteiger partial charge in [-0.3, -0.25) is 4.98 Å². The number of benzene rings is 2. The molecule has 0 spiro atoms. The van der Waals surface area contributed by atoms with Gasteiger partial charge in [-0.1, -0.05) is 49.4 Å². The first-order valence-corrected chi connectivity index (χ1v) is 11.2. The number of aromatic nitrogens is 5. The van der Waals surface area contributed by atoms with Crippen LogP contribution in [0.25, 0.3) is 11.4 Å². The zero-order valence-electron chi connectivity index (χ0n) is 18.5. The molecule has 0 amide bonds. The highest BCUT2D eigenvalue weighted by molar-refractivity contribution is 5.56. The molecule has 1 aliphatic carbocycles. The van der Waals surface area contributed by atoms with E-state index < -0.39 is 0 Å². The van der Waals surface area contributed by atoms with E-state index in [1.54, 1.807) is 11.0 Å². The van der Waals surface area contributed by atoms with Crippen molar-refractivity contribution in [3.8, 4) is 17.1 Å². The van der Waals surface area contributed by atoms with Crippen molar-refractivity contribution in [2.45, 2.75) is 45.3 Å². The first kappa shape index (κ1) is 20.4. The molecule has 6 nitrogen and oxygen atoms in total. The molecule has 2 aromatic heterocycles. The summed E-state index contributed by atoms with van der Waals surface area (Å²) >= 11 is 0. The number of aryl methyl sites for hydroxylation is 1. The minimum Gasteiger partial charge on any atom is -0.487 e. The summed E-state index contributed by atoms with van der Waals surface area (Å²) in [4.78, 5) is 5.92. The van der Waals surface area contributed by atoms with Crippen molar-refractivity contribution < 1.29 is 4.74 Å². The summed E-state index contributed by atoms with van der Waals surface area (Å²) in [5.41, 5.74) is 4.51. The molecule has 1 aliphatic rings. The summed E-state index contributed by atoms with van der Waals surface area (Å²) in [7, 11) is 0. The van der Waals surface area contributed by atoms with Gasteiger partial charge in [-0.2, -0.15) is 4.80 Å². The zero-order chi connectivity index (χ0) is 22.0.